The third kappa shape index (κ3) is 2.29. The van der Waals surface area contributed by atoms with Gasteiger partial charge in [0.15, 0.2) is 0 Å². The topological polar surface area (TPSA) is 49.4 Å². The molecule has 0 aromatic heterocycles. The van der Waals surface area contributed by atoms with Crippen LogP contribution in [0.25, 0.3) is 0 Å². The van der Waals surface area contributed by atoms with Gasteiger partial charge in [0.25, 0.3) is 0 Å². The highest BCUT2D eigenvalue weighted by Gasteiger charge is 2.47. The Balaban J connectivity index is 2.02. The second-order valence-corrected chi connectivity index (χ2v) is 8.09. The van der Waals surface area contributed by atoms with Crippen LogP contribution in [0.2, 0.25) is 0 Å². The molecule has 2 fully saturated rings. The SMILES string of the molecule is Cc1cc(F)cc(C)c1S(=O)(=O)N1CC2CNCC2C1C. The summed E-state index contributed by atoms with van der Waals surface area (Å²) in [6.45, 7) is 7.60. The molecule has 4 nitrogen and oxygen atoms in total. The van der Waals surface area contributed by atoms with Gasteiger partial charge in [-0.05, 0) is 69.0 Å². The summed E-state index contributed by atoms with van der Waals surface area (Å²) in [4.78, 5) is 0.267. The van der Waals surface area contributed by atoms with E-state index in [2.05, 4.69) is 5.32 Å². The predicted molar refractivity (Wildman–Crippen MR) is 79.1 cm³/mol. The summed E-state index contributed by atoms with van der Waals surface area (Å²) in [7, 11) is -3.57. The molecule has 0 radical (unpaired) electrons. The van der Waals surface area contributed by atoms with Gasteiger partial charge < -0.3 is 5.32 Å². The molecule has 2 heterocycles. The van der Waals surface area contributed by atoms with Crippen molar-refractivity contribution in [3.63, 3.8) is 0 Å². The van der Waals surface area contributed by atoms with Gasteiger partial charge in [0.1, 0.15) is 5.82 Å². The summed E-state index contributed by atoms with van der Waals surface area (Å²) in [5.41, 5.74) is 0.963. The normalized spacial score (nSPS) is 29.8. The van der Waals surface area contributed by atoms with Crippen molar-refractivity contribution in [2.75, 3.05) is 19.6 Å². The van der Waals surface area contributed by atoms with E-state index in [1.54, 1.807) is 18.2 Å². The number of benzene rings is 1. The van der Waals surface area contributed by atoms with Crippen LogP contribution >= 0.6 is 0 Å². The largest absolute Gasteiger partial charge is 0.316 e. The molecule has 3 rings (SSSR count). The zero-order valence-electron chi connectivity index (χ0n) is 12.6. The Morgan fingerprint density at radius 1 is 1.24 bits per heavy atom. The molecule has 1 aromatic carbocycles. The average molecular weight is 312 g/mol. The Morgan fingerprint density at radius 3 is 2.43 bits per heavy atom. The highest BCUT2D eigenvalue weighted by molar-refractivity contribution is 7.89. The van der Waals surface area contributed by atoms with Crippen LogP contribution in [0, 0.1) is 31.5 Å². The highest BCUT2D eigenvalue weighted by atomic mass is 32.2. The highest BCUT2D eigenvalue weighted by Crippen LogP contribution is 2.37. The first-order chi connectivity index (χ1) is 9.82. The summed E-state index contributed by atoms with van der Waals surface area (Å²) in [6.07, 6.45) is 0. The quantitative estimate of drug-likeness (QED) is 0.904. The minimum atomic E-state index is -3.57. The van der Waals surface area contributed by atoms with Gasteiger partial charge in [0.05, 0.1) is 4.90 Å². The fourth-order valence-corrected chi connectivity index (χ4v) is 6.02. The van der Waals surface area contributed by atoms with Crippen molar-refractivity contribution < 1.29 is 12.8 Å². The van der Waals surface area contributed by atoms with E-state index in [1.807, 2.05) is 6.92 Å². The minimum Gasteiger partial charge on any atom is -0.316 e. The van der Waals surface area contributed by atoms with Crippen molar-refractivity contribution in [1.82, 2.24) is 9.62 Å². The van der Waals surface area contributed by atoms with Gasteiger partial charge in [-0.15, -0.1) is 0 Å². The molecule has 0 saturated carbocycles. The van der Waals surface area contributed by atoms with Crippen molar-refractivity contribution in [3.05, 3.63) is 29.1 Å². The lowest BCUT2D eigenvalue weighted by Gasteiger charge is -2.25. The number of halogens is 1. The van der Waals surface area contributed by atoms with Crippen LogP contribution in [-0.4, -0.2) is 38.4 Å². The maximum Gasteiger partial charge on any atom is 0.243 e. The lowest BCUT2D eigenvalue weighted by molar-refractivity contribution is 0.360. The van der Waals surface area contributed by atoms with Gasteiger partial charge >= 0.3 is 0 Å². The number of aryl methyl sites for hydroxylation is 2. The lowest BCUT2D eigenvalue weighted by Crippen LogP contribution is -2.38. The molecule has 116 valence electrons. The molecule has 0 spiro atoms. The van der Waals surface area contributed by atoms with Crippen LogP contribution in [0.5, 0.6) is 0 Å². The number of fused-ring (bicyclic) bond motifs is 1. The summed E-state index contributed by atoms with van der Waals surface area (Å²) < 4.78 is 41.1. The standard InChI is InChI=1S/C15H21FN2O2S/c1-9-4-13(16)5-10(2)15(9)21(19,20)18-8-12-6-17-7-14(12)11(18)3/h4-5,11-12,14,17H,6-8H2,1-3H3. The van der Waals surface area contributed by atoms with E-state index in [9.17, 15) is 12.8 Å². The lowest BCUT2D eigenvalue weighted by atomic mass is 9.95. The zero-order valence-corrected chi connectivity index (χ0v) is 13.4. The Kier molecular flexibility index (Phi) is 3.58. The first kappa shape index (κ1) is 14.9. The van der Waals surface area contributed by atoms with Gasteiger partial charge in [0, 0.05) is 12.6 Å². The van der Waals surface area contributed by atoms with Crippen molar-refractivity contribution in [1.29, 1.82) is 0 Å². The molecule has 0 aliphatic carbocycles. The number of hydrogen-bond donors (Lipinski definition) is 1. The molecule has 1 aromatic rings. The molecule has 3 unspecified atom stereocenters. The zero-order chi connectivity index (χ0) is 15.4. The number of nitrogens with zero attached hydrogens (tertiary/aromatic N) is 1. The fraction of sp³-hybridized carbons (Fsp3) is 0.600. The number of rotatable bonds is 2. The van der Waals surface area contributed by atoms with Crippen LogP contribution in [-0.2, 0) is 10.0 Å². The Labute approximate surface area is 125 Å². The summed E-state index contributed by atoms with van der Waals surface area (Å²) >= 11 is 0. The molecule has 2 aliphatic heterocycles. The average Bonchev–Trinajstić information content (AvgIpc) is 2.91. The van der Waals surface area contributed by atoms with Crippen LogP contribution < -0.4 is 5.32 Å². The van der Waals surface area contributed by atoms with Gasteiger partial charge in [-0.25, -0.2) is 12.8 Å². The Bertz CT molecular complexity index is 651. The number of hydrogen-bond acceptors (Lipinski definition) is 3. The second kappa shape index (κ2) is 5.04. The van der Waals surface area contributed by atoms with Crippen molar-refractivity contribution in [2.24, 2.45) is 11.8 Å². The van der Waals surface area contributed by atoms with E-state index in [-0.39, 0.29) is 16.8 Å². The van der Waals surface area contributed by atoms with E-state index < -0.39 is 10.0 Å². The first-order valence-corrected chi connectivity index (χ1v) is 8.75. The monoisotopic (exact) mass is 312 g/mol. The molecular formula is C15H21FN2O2S. The Hall–Kier alpha value is -0.980. The van der Waals surface area contributed by atoms with Crippen molar-refractivity contribution in [3.8, 4) is 0 Å². The minimum absolute atomic E-state index is 0.0150. The number of sulfonamides is 1. The third-order valence-corrected chi connectivity index (χ3v) is 7.13. The molecule has 6 heteroatoms. The van der Waals surface area contributed by atoms with Crippen LogP contribution in [0.1, 0.15) is 18.1 Å². The smallest absolute Gasteiger partial charge is 0.243 e. The van der Waals surface area contributed by atoms with Gasteiger partial charge in [-0.2, -0.15) is 4.31 Å². The first-order valence-electron chi connectivity index (χ1n) is 7.31. The molecule has 2 saturated heterocycles. The van der Waals surface area contributed by atoms with E-state index in [4.69, 9.17) is 0 Å². The fourth-order valence-electron chi connectivity index (χ4n) is 3.87. The molecule has 1 N–H and O–H groups in total. The van der Waals surface area contributed by atoms with Crippen LogP contribution in [0.4, 0.5) is 4.39 Å². The van der Waals surface area contributed by atoms with Gasteiger partial charge in [-0.1, -0.05) is 0 Å². The van der Waals surface area contributed by atoms with Crippen molar-refractivity contribution >= 4 is 10.0 Å². The van der Waals surface area contributed by atoms with E-state index >= 15 is 0 Å². The van der Waals surface area contributed by atoms with Gasteiger partial charge in [-0.3, -0.25) is 0 Å². The predicted octanol–water partition coefficient (Wildman–Crippen LogP) is 1.67. The maximum absolute atomic E-state index is 13.4. The van der Waals surface area contributed by atoms with E-state index in [0.717, 1.165) is 13.1 Å². The Morgan fingerprint density at radius 2 is 1.86 bits per heavy atom. The molecule has 0 amide bonds. The summed E-state index contributed by atoms with van der Waals surface area (Å²) in [5.74, 6) is 0.371. The third-order valence-electron chi connectivity index (χ3n) is 4.87. The summed E-state index contributed by atoms with van der Waals surface area (Å²) in [5, 5.41) is 3.33. The van der Waals surface area contributed by atoms with Gasteiger partial charge in [0.2, 0.25) is 10.0 Å². The molecule has 21 heavy (non-hydrogen) atoms. The number of nitrogens with one attached hydrogen (secondary N) is 1. The van der Waals surface area contributed by atoms with Crippen LogP contribution in [0.15, 0.2) is 17.0 Å². The van der Waals surface area contributed by atoms with Crippen LogP contribution in [0.3, 0.4) is 0 Å². The van der Waals surface area contributed by atoms with E-state index in [1.165, 1.54) is 12.1 Å². The molecule has 3 atom stereocenters. The molecule has 2 aliphatic rings. The summed E-state index contributed by atoms with van der Waals surface area (Å²) in [6, 6.07) is 2.57. The van der Waals surface area contributed by atoms with Crippen molar-refractivity contribution in [2.45, 2.75) is 31.7 Å². The molecular weight excluding hydrogens is 291 g/mol. The molecule has 0 bridgehead atoms. The maximum atomic E-state index is 13.4. The second-order valence-electron chi connectivity index (χ2n) is 6.27. The van der Waals surface area contributed by atoms with E-state index in [0.29, 0.717) is 29.5 Å².